The summed E-state index contributed by atoms with van der Waals surface area (Å²) in [6, 6.07) is 0. The molecular weight excluding hydrogens is 67.0 g/mol. The van der Waals surface area contributed by atoms with E-state index in [1.165, 1.54) is 0 Å². The lowest BCUT2D eigenvalue weighted by molar-refractivity contribution is 1.11. The lowest BCUT2D eigenvalue weighted by atomic mass is 10.9. The molecule has 0 unspecified atom stereocenters. The first kappa shape index (κ1) is 8.87. The van der Waals surface area contributed by atoms with E-state index in [0.717, 1.165) is 0 Å². The summed E-state index contributed by atoms with van der Waals surface area (Å²) >= 11 is 0. The number of hydrogen-bond acceptors (Lipinski definition) is 0. The van der Waals surface area contributed by atoms with Crippen LogP contribution in [0.5, 0.6) is 0 Å². The third kappa shape index (κ3) is 92.4. The van der Waals surface area contributed by atoms with Gasteiger partial charge in [-0.15, -0.1) is 0 Å². The van der Waals surface area contributed by atoms with E-state index < -0.39 is 0 Å². The first-order chi connectivity index (χ1) is 1.91. The molecule has 0 spiro atoms. The molecule has 0 nitrogen and oxygen atoms in total. The molecule has 0 aromatic carbocycles. The first-order valence-corrected chi connectivity index (χ1v) is 0.957. The maximum absolute atomic E-state index is 3.18. The lowest BCUT2D eigenvalue weighted by Gasteiger charge is -1.21. The van der Waals surface area contributed by atoms with Gasteiger partial charge in [0.1, 0.15) is 0 Å². The molecule has 0 saturated carbocycles. The topological polar surface area (TPSA) is 0 Å². The Balaban J connectivity index is 0. The van der Waals surface area contributed by atoms with E-state index in [4.69, 9.17) is 0 Å². The zero-order valence-electron chi connectivity index (χ0n) is 2.82. The summed E-state index contributed by atoms with van der Waals surface area (Å²) in [5, 5.41) is 0. The summed E-state index contributed by atoms with van der Waals surface area (Å²) in [6.45, 7) is 6.36. The molecule has 5 heavy (non-hydrogen) atoms. The summed E-state index contributed by atoms with van der Waals surface area (Å²) in [4.78, 5) is 0. The summed E-state index contributed by atoms with van der Waals surface area (Å²) in [5.41, 5.74) is 4.64. The average molecular weight is 72.1 g/mol. The second-order valence-corrected chi connectivity index (χ2v) is 0.354. The van der Waals surface area contributed by atoms with Crippen molar-refractivity contribution in [1.29, 1.82) is 0 Å². The van der Waals surface area contributed by atoms with E-state index in [2.05, 4.69) is 24.6 Å². The van der Waals surface area contributed by atoms with E-state index in [9.17, 15) is 0 Å². The molecule has 0 radical (unpaired) electrons. The van der Waals surface area contributed by atoms with Gasteiger partial charge in [0.15, 0.2) is 0 Å². The fourth-order valence-electron chi connectivity index (χ4n) is 0. The van der Waals surface area contributed by atoms with Gasteiger partial charge < -0.3 is 0 Å². The molecule has 0 N–H and O–H groups in total. The van der Waals surface area contributed by atoms with Crippen molar-refractivity contribution < 1.29 is 4.70 Å². The van der Waals surface area contributed by atoms with Gasteiger partial charge in [-0.3, -0.25) is 4.70 Å². The molecule has 28 valence electrons. The van der Waals surface area contributed by atoms with Crippen molar-refractivity contribution in [3.05, 3.63) is 24.6 Å². The van der Waals surface area contributed by atoms with Crippen molar-refractivity contribution >= 4 is 0 Å². The van der Waals surface area contributed by atoms with Gasteiger partial charge in [0.2, 0.25) is 0 Å². The van der Waals surface area contributed by atoms with E-state index in [1.54, 1.807) is 0 Å². The summed E-state index contributed by atoms with van der Waals surface area (Å²) in [7, 11) is 0. The second-order valence-electron chi connectivity index (χ2n) is 0.354. The second kappa shape index (κ2) is 10.6. The van der Waals surface area contributed by atoms with Crippen LogP contribution in [0.15, 0.2) is 24.6 Å². The molecular formula is C4H5F. The molecule has 0 heterocycles. The van der Waals surface area contributed by atoms with E-state index in [-0.39, 0.29) is 4.70 Å². The molecule has 0 aliphatic rings. The molecule has 0 aliphatic heterocycles. The van der Waals surface area contributed by atoms with Gasteiger partial charge in [0, 0.05) is 0 Å². The maximum atomic E-state index is 3.18. The summed E-state index contributed by atoms with van der Waals surface area (Å²) in [5.74, 6) is 0. The monoisotopic (exact) mass is 72.0 g/mol. The van der Waals surface area contributed by atoms with Crippen LogP contribution in [-0.4, -0.2) is 0 Å². The van der Waals surface area contributed by atoms with Crippen molar-refractivity contribution in [2.45, 2.75) is 0 Å². The SMILES string of the molecule is C=C=C=C.F. The number of rotatable bonds is 0. The van der Waals surface area contributed by atoms with Crippen LogP contribution in [0, 0.1) is 0 Å². The smallest absolute Gasteiger partial charge is 0.0481 e. The van der Waals surface area contributed by atoms with Gasteiger partial charge >= 0.3 is 0 Å². The molecule has 0 atom stereocenters. The third-order valence-corrected chi connectivity index (χ3v) is 0.125. The number of halogens is 1. The zero-order valence-corrected chi connectivity index (χ0v) is 2.82. The van der Waals surface area contributed by atoms with Crippen LogP contribution in [0.25, 0.3) is 0 Å². The Hall–Kier alpha value is -0.770. The fourth-order valence-corrected chi connectivity index (χ4v) is 0. The highest BCUT2D eigenvalue weighted by molar-refractivity contribution is 4.66. The standard InChI is InChI=1S/C4H4.FH/c1-3-4-2;/h1-2H2;1H. The molecule has 0 aliphatic carbocycles. The number of hydrogen-bond donors (Lipinski definition) is 0. The normalized spacial score (nSPS) is 2.40. The van der Waals surface area contributed by atoms with Crippen LogP contribution in [0.1, 0.15) is 0 Å². The van der Waals surface area contributed by atoms with E-state index >= 15 is 0 Å². The van der Waals surface area contributed by atoms with Crippen LogP contribution >= 0.6 is 0 Å². The Morgan fingerprint density at radius 1 is 1.00 bits per heavy atom. The molecule has 1 heteroatoms. The van der Waals surface area contributed by atoms with E-state index in [0.29, 0.717) is 0 Å². The molecule has 0 aromatic rings. The van der Waals surface area contributed by atoms with Gasteiger partial charge in [-0.2, -0.15) is 0 Å². The van der Waals surface area contributed by atoms with Gasteiger partial charge in [-0.25, -0.2) is 0 Å². The Morgan fingerprint density at radius 3 is 1.20 bits per heavy atom. The van der Waals surface area contributed by atoms with Crippen LogP contribution in [0.4, 0.5) is 4.70 Å². The highest BCUT2D eigenvalue weighted by Gasteiger charge is 1.08. The van der Waals surface area contributed by atoms with Crippen LogP contribution in [0.2, 0.25) is 0 Å². The Morgan fingerprint density at radius 2 is 1.20 bits per heavy atom. The van der Waals surface area contributed by atoms with Crippen LogP contribution < -0.4 is 0 Å². The first-order valence-electron chi connectivity index (χ1n) is 0.957. The Kier molecular flexibility index (Phi) is 18.8. The van der Waals surface area contributed by atoms with Crippen molar-refractivity contribution in [3.8, 4) is 0 Å². The maximum Gasteiger partial charge on any atom is -0.0481 e. The van der Waals surface area contributed by atoms with Crippen molar-refractivity contribution in [3.63, 3.8) is 0 Å². The van der Waals surface area contributed by atoms with Gasteiger partial charge in [0.25, 0.3) is 0 Å². The lowest BCUT2D eigenvalue weighted by Crippen LogP contribution is -0.988. The average Bonchev–Trinajstić information content (AvgIpc) is 1.37. The predicted octanol–water partition coefficient (Wildman–Crippen LogP) is 1.26. The highest BCUT2D eigenvalue weighted by Crippen LogP contribution is 1.30. The summed E-state index contributed by atoms with van der Waals surface area (Å²) < 4.78 is 0. The van der Waals surface area contributed by atoms with Crippen molar-refractivity contribution in [1.82, 2.24) is 0 Å². The Labute approximate surface area is 30.5 Å². The summed E-state index contributed by atoms with van der Waals surface area (Å²) in [6.07, 6.45) is 0. The highest BCUT2D eigenvalue weighted by atomic mass is 19.0. The largest absolute Gasteiger partial charge is 0.269 e. The molecule has 0 rings (SSSR count). The molecule has 0 bridgehead atoms. The minimum atomic E-state index is 0. The molecule has 0 fully saturated rings. The molecule has 0 amide bonds. The van der Waals surface area contributed by atoms with Crippen molar-refractivity contribution in [2.24, 2.45) is 0 Å². The fraction of sp³-hybridized carbons (Fsp3) is 0. The quantitative estimate of drug-likeness (QED) is 0.378. The van der Waals surface area contributed by atoms with E-state index in [1.807, 2.05) is 0 Å². The zero-order chi connectivity index (χ0) is 3.41. The minimum absolute atomic E-state index is 0. The van der Waals surface area contributed by atoms with Gasteiger partial charge in [-0.05, 0) is 13.2 Å². The Bertz CT molecular complexity index is 53.7. The van der Waals surface area contributed by atoms with Gasteiger partial charge in [0.05, 0.1) is 0 Å². The molecule has 0 aromatic heterocycles. The van der Waals surface area contributed by atoms with Crippen LogP contribution in [-0.2, 0) is 0 Å². The third-order valence-electron chi connectivity index (χ3n) is 0.125. The predicted molar refractivity (Wildman–Crippen MR) is 20.8 cm³/mol. The minimum Gasteiger partial charge on any atom is -0.269 e. The molecule has 0 saturated heterocycles. The van der Waals surface area contributed by atoms with Gasteiger partial charge in [-0.1, -0.05) is 11.5 Å². The van der Waals surface area contributed by atoms with Crippen LogP contribution in [0.3, 0.4) is 0 Å². The van der Waals surface area contributed by atoms with Crippen molar-refractivity contribution in [2.75, 3.05) is 0 Å².